The van der Waals surface area contributed by atoms with Crippen molar-refractivity contribution in [2.45, 2.75) is 13.5 Å². The van der Waals surface area contributed by atoms with Crippen molar-refractivity contribution in [3.63, 3.8) is 0 Å². The minimum Gasteiger partial charge on any atom is -0.387 e. The highest BCUT2D eigenvalue weighted by molar-refractivity contribution is 7.09. The SMILES string of the molecule is CNc1cncc(N(C)Cc2scnc2C)c1. The predicted octanol–water partition coefficient (Wildman–Crippen LogP) is 2.52. The molecule has 4 nitrogen and oxygen atoms in total. The van der Waals surface area contributed by atoms with Gasteiger partial charge in [-0.3, -0.25) is 4.98 Å². The summed E-state index contributed by atoms with van der Waals surface area (Å²) in [5, 5.41) is 3.09. The van der Waals surface area contributed by atoms with Gasteiger partial charge in [-0.1, -0.05) is 0 Å². The fourth-order valence-electron chi connectivity index (χ4n) is 1.56. The summed E-state index contributed by atoms with van der Waals surface area (Å²) < 4.78 is 0. The van der Waals surface area contributed by atoms with Crippen molar-refractivity contribution in [3.05, 3.63) is 34.5 Å². The zero-order valence-corrected chi connectivity index (χ0v) is 11.1. The summed E-state index contributed by atoms with van der Waals surface area (Å²) in [7, 11) is 3.96. The number of thiazole rings is 1. The van der Waals surface area contributed by atoms with E-state index in [-0.39, 0.29) is 0 Å². The summed E-state index contributed by atoms with van der Waals surface area (Å²) in [5.41, 5.74) is 5.13. The van der Waals surface area contributed by atoms with Crippen LogP contribution >= 0.6 is 11.3 Å². The number of nitrogens with zero attached hydrogens (tertiary/aromatic N) is 3. The van der Waals surface area contributed by atoms with Gasteiger partial charge >= 0.3 is 0 Å². The average molecular weight is 248 g/mol. The van der Waals surface area contributed by atoms with Gasteiger partial charge in [-0.05, 0) is 13.0 Å². The molecule has 0 saturated carbocycles. The third-order valence-electron chi connectivity index (χ3n) is 2.68. The van der Waals surface area contributed by atoms with Gasteiger partial charge in [0.1, 0.15) is 0 Å². The van der Waals surface area contributed by atoms with Crippen molar-refractivity contribution in [1.82, 2.24) is 9.97 Å². The van der Waals surface area contributed by atoms with E-state index in [4.69, 9.17) is 0 Å². The Morgan fingerprint density at radius 2 is 2.24 bits per heavy atom. The number of anilines is 2. The van der Waals surface area contributed by atoms with E-state index < -0.39 is 0 Å². The molecule has 0 saturated heterocycles. The molecule has 0 spiro atoms. The molecule has 5 heteroatoms. The minimum absolute atomic E-state index is 0.866. The summed E-state index contributed by atoms with van der Waals surface area (Å²) in [6.07, 6.45) is 3.69. The standard InChI is InChI=1S/C12H16N4S/c1-9-12(17-8-15-9)7-16(3)11-4-10(13-2)5-14-6-11/h4-6,8,13H,7H2,1-3H3. The van der Waals surface area contributed by atoms with E-state index in [9.17, 15) is 0 Å². The van der Waals surface area contributed by atoms with Crippen LogP contribution in [0.5, 0.6) is 0 Å². The van der Waals surface area contributed by atoms with Crippen LogP contribution in [0.15, 0.2) is 24.0 Å². The Bertz CT molecular complexity index is 495. The van der Waals surface area contributed by atoms with Crippen LogP contribution in [-0.2, 0) is 6.54 Å². The molecule has 0 aromatic carbocycles. The van der Waals surface area contributed by atoms with E-state index in [1.54, 1.807) is 11.3 Å². The van der Waals surface area contributed by atoms with Crippen LogP contribution in [0.3, 0.4) is 0 Å². The highest BCUT2D eigenvalue weighted by Crippen LogP contribution is 2.21. The Morgan fingerprint density at radius 3 is 2.88 bits per heavy atom. The van der Waals surface area contributed by atoms with Gasteiger partial charge in [0.05, 0.1) is 41.5 Å². The van der Waals surface area contributed by atoms with Crippen LogP contribution in [0.25, 0.3) is 0 Å². The van der Waals surface area contributed by atoms with E-state index >= 15 is 0 Å². The molecular formula is C12H16N4S. The van der Waals surface area contributed by atoms with Crippen LogP contribution < -0.4 is 10.2 Å². The molecule has 0 bridgehead atoms. The van der Waals surface area contributed by atoms with Gasteiger partial charge in [0.2, 0.25) is 0 Å². The molecule has 0 amide bonds. The lowest BCUT2D eigenvalue weighted by Crippen LogP contribution is -2.16. The Balaban J connectivity index is 2.14. The second-order valence-corrected chi connectivity index (χ2v) is 4.84. The van der Waals surface area contributed by atoms with E-state index in [0.29, 0.717) is 0 Å². The highest BCUT2D eigenvalue weighted by atomic mass is 32.1. The zero-order chi connectivity index (χ0) is 12.3. The van der Waals surface area contributed by atoms with Crippen molar-refractivity contribution >= 4 is 22.7 Å². The van der Waals surface area contributed by atoms with Gasteiger partial charge in [-0.2, -0.15) is 0 Å². The Kier molecular flexibility index (Phi) is 3.58. The molecule has 0 aliphatic carbocycles. The van der Waals surface area contributed by atoms with Gasteiger partial charge in [-0.25, -0.2) is 4.98 Å². The summed E-state index contributed by atoms with van der Waals surface area (Å²) in [6, 6.07) is 2.09. The minimum atomic E-state index is 0.866. The molecule has 0 atom stereocenters. The first kappa shape index (κ1) is 11.9. The van der Waals surface area contributed by atoms with Gasteiger partial charge in [0, 0.05) is 19.0 Å². The number of aryl methyl sites for hydroxylation is 1. The molecule has 2 aromatic heterocycles. The van der Waals surface area contributed by atoms with Crippen molar-refractivity contribution < 1.29 is 0 Å². The largest absolute Gasteiger partial charge is 0.387 e. The van der Waals surface area contributed by atoms with E-state index in [0.717, 1.165) is 23.6 Å². The van der Waals surface area contributed by atoms with Crippen molar-refractivity contribution in [2.75, 3.05) is 24.3 Å². The maximum Gasteiger partial charge on any atom is 0.0798 e. The number of hydrogen-bond acceptors (Lipinski definition) is 5. The maximum absolute atomic E-state index is 4.26. The number of pyridine rings is 1. The van der Waals surface area contributed by atoms with Crippen LogP contribution in [0.4, 0.5) is 11.4 Å². The number of rotatable bonds is 4. The molecule has 0 radical (unpaired) electrons. The van der Waals surface area contributed by atoms with E-state index in [1.165, 1.54) is 4.88 Å². The summed E-state index contributed by atoms with van der Waals surface area (Å²) in [4.78, 5) is 11.9. The number of nitrogens with one attached hydrogen (secondary N) is 1. The molecule has 0 aliphatic heterocycles. The molecule has 2 heterocycles. The lowest BCUT2D eigenvalue weighted by atomic mass is 10.3. The first-order valence-electron chi connectivity index (χ1n) is 5.43. The van der Waals surface area contributed by atoms with Crippen LogP contribution in [0, 0.1) is 6.92 Å². The topological polar surface area (TPSA) is 41.1 Å². The molecule has 17 heavy (non-hydrogen) atoms. The van der Waals surface area contributed by atoms with Crippen LogP contribution in [0.1, 0.15) is 10.6 Å². The molecule has 0 fully saturated rings. The van der Waals surface area contributed by atoms with Crippen molar-refractivity contribution in [2.24, 2.45) is 0 Å². The molecule has 0 unspecified atom stereocenters. The molecular weight excluding hydrogens is 232 g/mol. The Labute approximate surface area is 105 Å². The normalized spacial score (nSPS) is 10.3. The lowest BCUT2D eigenvalue weighted by Gasteiger charge is -2.18. The molecule has 2 aromatic rings. The molecule has 1 N–H and O–H groups in total. The van der Waals surface area contributed by atoms with Gasteiger partial charge in [-0.15, -0.1) is 11.3 Å². The fourth-order valence-corrected chi connectivity index (χ4v) is 2.39. The summed E-state index contributed by atoms with van der Waals surface area (Å²) in [5.74, 6) is 0. The van der Waals surface area contributed by atoms with Crippen LogP contribution in [-0.4, -0.2) is 24.1 Å². The summed E-state index contributed by atoms with van der Waals surface area (Å²) in [6.45, 7) is 2.91. The van der Waals surface area contributed by atoms with Gasteiger partial charge in [0.15, 0.2) is 0 Å². The Hall–Kier alpha value is -1.62. The first-order chi connectivity index (χ1) is 8.20. The van der Waals surface area contributed by atoms with E-state index in [1.807, 2.05) is 31.9 Å². The predicted molar refractivity (Wildman–Crippen MR) is 72.7 cm³/mol. The van der Waals surface area contributed by atoms with E-state index in [2.05, 4.69) is 33.3 Å². The lowest BCUT2D eigenvalue weighted by molar-refractivity contribution is 0.921. The second-order valence-electron chi connectivity index (χ2n) is 3.90. The first-order valence-corrected chi connectivity index (χ1v) is 6.31. The van der Waals surface area contributed by atoms with Crippen LogP contribution in [0.2, 0.25) is 0 Å². The quantitative estimate of drug-likeness (QED) is 0.902. The number of hydrogen-bond donors (Lipinski definition) is 1. The monoisotopic (exact) mass is 248 g/mol. The smallest absolute Gasteiger partial charge is 0.0798 e. The third kappa shape index (κ3) is 2.74. The fraction of sp³-hybridized carbons (Fsp3) is 0.333. The third-order valence-corrected chi connectivity index (χ3v) is 3.60. The van der Waals surface area contributed by atoms with Crippen molar-refractivity contribution in [3.8, 4) is 0 Å². The average Bonchev–Trinajstić information content (AvgIpc) is 2.75. The maximum atomic E-state index is 4.26. The van der Waals surface area contributed by atoms with Gasteiger partial charge < -0.3 is 10.2 Å². The molecule has 90 valence electrons. The zero-order valence-electron chi connectivity index (χ0n) is 10.3. The Morgan fingerprint density at radius 1 is 1.41 bits per heavy atom. The molecule has 2 rings (SSSR count). The van der Waals surface area contributed by atoms with Crippen molar-refractivity contribution in [1.29, 1.82) is 0 Å². The van der Waals surface area contributed by atoms with Gasteiger partial charge in [0.25, 0.3) is 0 Å². The second kappa shape index (κ2) is 5.14. The summed E-state index contributed by atoms with van der Waals surface area (Å²) >= 11 is 1.69. The molecule has 0 aliphatic rings. The number of aromatic nitrogens is 2. The highest BCUT2D eigenvalue weighted by Gasteiger charge is 2.07.